The monoisotopic (exact) mass is 266 g/mol. The van der Waals surface area contributed by atoms with Gasteiger partial charge in [0, 0.05) is 0 Å². The molecule has 19 heavy (non-hydrogen) atoms. The Balaban J connectivity index is 0.000000741. The number of fused-ring (bicyclic) bond motifs is 1. The summed E-state index contributed by atoms with van der Waals surface area (Å²) in [6.45, 7) is 12.5. The van der Waals surface area contributed by atoms with E-state index in [9.17, 15) is 4.39 Å². The van der Waals surface area contributed by atoms with Crippen LogP contribution >= 0.6 is 0 Å². The van der Waals surface area contributed by atoms with Gasteiger partial charge in [-0.25, -0.2) is 4.39 Å². The number of rotatable bonds is 2. The minimum Gasteiger partial charge on any atom is -0.207 e. The van der Waals surface area contributed by atoms with E-state index >= 15 is 0 Å². The van der Waals surface area contributed by atoms with Crippen molar-refractivity contribution in [3.05, 3.63) is 35.1 Å². The van der Waals surface area contributed by atoms with Gasteiger partial charge < -0.3 is 0 Å². The van der Waals surface area contributed by atoms with Crippen molar-refractivity contribution in [3.63, 3.8) is 0 Å². The first kappa shape index (κ1) is 18.1. The maximum absolute atomic E-state index is 13.3. The fraction of sp³-hybridized carbons (Fsp3) is 0.667. The molecule has 110 valence electrons. The summed E-state index contributed by atoms with van der Waals surface area (Å²) < 4.78 is 13.3. The van der Waals surface area contributed by atoms with Crippen LogP contribution < -0.4 is 0 Å². The summed E-state index contributed by atoms with van der Waals surface area (Å²) in [4.78, 5) is 0. The van der Waals surface area contributed by atoms with E-state index in [2.05, 4.69) is 13.8 Å². The van der Waals surface area contributed by atoms with Gasteiger partial charge in [0.15, 0.2) is 0 Å². The first-order valence-corrected chi connectivity index (χ1v) is 8.01. The second kappa shape index (κ2) is 9.12. The summed E-state index contributed by atoms with van der Waals surface area (Å²) in [7, 11) is 0. The van der Waals surface area contributed by atoms with Crippen LogP contribution in [0.1, 0.15) is 78.4 Å². The lowest BCUT2D eigenvalue weighted by Crippen LogP contribution is -2.29. The van der Waals surface area contributed by atoms with Crippen LogP contribution in [0, 0.1) is 5.82 Å². The molecule has 0 atom stereocenters. The molecule has 1 aliphatic carbocycles. The van der Waals surface area contributed by atoms with E-state index in [1.807, 2.05) is 33.8 Å². The second-order valence-electron chi connectivity index (χ2n) is 4.64. The molecule has 1 aromatic carbocycles. The number of hydrogen-bond donors (Lipinski definition) is 0. The van der Waals surface area contributed by atoms with Crippen molar-refractivity contribution < 1.29 is 4.39 Å². The Morgan fingerprint density at radius 3 is 2.16 bits per heavy atom. The molecule has 0 nitrogen and oxygen atoms in total. The van der Waals surface area contributed by atoms with Crippen LogP contribution in [0.2, 0.25) is 0 Å². The highest BCUT2D eigenvalue weighted by Gasteiger charge is 2.33. The molecular formula is C18H31F. The zero-order chi connectivity index (χ0) is 14.9. The maximum Gasteiger partial charge on any atom is 0.123 e. The molecule has 0 spiro atoms. The van der Waals surface area contributed by atoms with Crippen molar-refractivity contribution in [2.75, 3.05) is 0 Å². The lowest BCUT2D eigenvalue weighted by atomic mass is 9.67. The standard InChI is InChI=1S/C14H19F.2C2H6/c1-3-14(4-2)9-5-6-11-7-8-12(15)10-13(11)14;2*1-2/h7-8,10H,3-6,9H2,1-2H3;2*1-2H3. The average molecular weight is 266 g/mol. The van der Waals surface area contributed by atoms with Gasteiger partial charge in [0.05, 0.1) is 0 Å². The van der Waals surface area contributed by atoms with E-state index in [1.54, 1.807) is 12.1 Å². The Hall–Kier alpha value is -0.850. The molecule has 0 heterocycles. The highest BCUT2D eigenvalue weighted by Crippen LogP contribution is 2.42. The summed E-state index contributed by atoms with van der Waals surface area (Å²) in [5.41, 5.74) is 2.89. The molecule has 0 aliphatic heterocycles. The van der Waals surface area contributed by atoms with E-state index in [-0.39, 0.29) is 11.2 Å². The van der Waals surface area contributed by atoms with Crippen LogP contribution in [0.15, 0.2) is 18.2 Å². The lowest BCUT2D eigenvalue weighted by Gasteiger charge is -2.38. The van der Waals surface area contributed by atoms with Crippen molar-refractivity contribution >= 4 is 0 Å². The predicted molar refractivity (Wildman–Crippen MR) is 84.3 cm³/mol. The van der Waals surface area contributed by atoms with Crippen LogP contribution in [0.5, 0.6) is 0 Å². The molecule has 1 aromatic rings. The fourth-order valence-electron chi connectivity index (χ4n) is 3.00. The topological polar surface area (TPSA) is 0 Å². The van der Waals surface area contributed by atoms with Gasteiger partial charge in [-0.1, -0.05) is 47.6 Å². The Kier molecular flexibility index (Phi) is 8.71. The van der Waals surface area contributed by atoms with Crippen LogP contribution in [-0.4, -0.2) is 0 Å². The van der Waals surface area contributed by atoms with Crippen molar-refractivity contribution in [2.45, 2.75) is 79.1 Å². The number of aryl methyl sites for hydroxylation is 1. The van der Waals surface area contributed by atoms with E-state index in [4.69, 9.17) is 0 Å². The molecule has 0 radical (unpaired) electrons. The Bertz CT molecular complexity index is 351. The van der Waals surface area contributed by atoms with Crippen molar-refractivity contribution in [1.29, 1.82) is 0 Å². The van der Waals surface area contributed by atoms with Gasteiger partial charge in [-0.05, 0) is 60.8 Å². The van der Waals surface area contributed by atoms with Crippen molar-refractivity contribution in [3.8, 4) is 0 Å². The molecule has 0 aromatic heterocycles. The molecule has 1 heteroatoms. The third kappa shape index (κ3) is 4.06. The minimum absolute atomic E-state index is 0.0816. The van der Waals surface area contributed by atoms with Gasteiger partial charge in [0.25, 0.3) is 0 Å². The first-order chi connectivity index (χ1) is 9.22. The first-order valence-electron chi connectivity index (χ1n) is 8.01. The van der Waals surface area contributed by atoms with E-state index < -0.39 is 0 Å². The molecule has 0 bridgehead atoms. The molecule has 0 amide bonds. The van der Waals surface area contributed by atoms with Gasteiger partial charge in [-0.3, -0.25) is 0 Å². The summed E-state index contributed by atoms with van der Waals surface area (Å²) >= 11 is 0. The van der Waals surface area contributed by atoms with E-state index in [0.29, 0.717) is 0 Å². The Labute approximate surface area is 119 Å². The van der Waals surface area contributed by atoms with Crippen LogP contribution in [0.4, 0.5) is 4.39 Å². The van der Waals surface area contributed by atoms with Crippen molar-refractivity contribution in [2.24, 2.45) is 0 Å². The smallest absolute Gasteiger partial charge is 0.123 e. The average Bonchev–Trinajstić information content (AvgIpc) is 2.51. The molecule has 2 rings (SSSR count). The SMILES string of the molecule is CC.CC.CCC1(CC)CCCc2ccc(F)cc21. The van der Waals surface area contributed by atoms with Crippen LogP contribution in [-0.2, 0) is 11.8 Å². The number of halogens is 1. The maximum atomic E-state index is 13.3. The van der Waals surface area contributed by atoms with E-state index in [0.717, 1.165) is 19.3 Å². The molecule has 0 unspecified atom stereocenters. The van der Waals surface area contributed by atoms with Crippen LogP contribution in [0.25, 0.3) is 0 Å². The summed E-state index contributed by atoms with van der Waals surface area (Å²) in [5.74, 6) is -0.0816. The van der Waals surface area contributed by atoms with Gasteiger partial charge >= 0.3 is 0 Å². The zero-order valence-corrected chi connectivity index (χ0v) is 13.6. The second-order valence-corrected chi connectivity index (χ2v) is 4.64. The largest absolute Gasteiger partial charge is 0.207 e. The fourth-order valence-corrected chi connectivity index (χ4v) is 3.00. The zero-order valence-electron chi connectivity index (χ0n) is 13.6. The third-order valence-electron chi connectivity index (χ3n) is 4.10. The molecule has 0 N–H and O–H groups in total. The number of benzene rings is 1. The normalized spacial score (nSPS) is 15.3. The summed E-state index contributed by atoms with van der Waals surface area (Å²) in [6.07, 6.45) is 5.84. The predicted octanol–water partition coefficient (Wildman–Crippen LogP) is 6.27. The molecule has 1 aliphatic rings. The Morgan fingerprint density at radius 1 is 1.05 bits per heavy atom. The highest BCUT2D eigenvalue weighted by molar-refractivity contribution is 5.37. The molecular weight excluding hydrogens is 235 g/mol. The highest BCUT2D eigenvalue weighted by atomic mass is 19.1. The van der Waals surface area contributed by atoms with Gasteiger partial charge in [-0.15, -0.1) is 0 Å². The lowest BCUT2D eigenvalue weighted by molar-refractivity contribution is 0.333. The van der Waals surface area contributed by atoms with Crippen LogP contribution in [0.3, 0.4) is 0 Å². The van der Waals surface area contributed by atoms with Crippen molar-refractivity contribution in [1.82, 2.24) is 0 Å². The van der Waals surface area contributed by atoms with Gasteiger partial charge in [-0.2, -0.15) is 0 Å². The molecule has 0 saturated carbocycles. The number of hydrogen-bond acceptors (Lipinski definition) is 0. The summed E-state index contributed by atoms with van der Waals surface area (Å²) in [6, 6.07) is 5.34. The molecule has 0 saturated heterocycles. The quantitative estimate of drug-likeness (QED) is 0.591. The minimum atomic E-state index is -0.0816. The Morgan fingerprint density at radius 2 is 1.63 bits per heavy atom. The summed E-state index contributed by atoms with van der Waals surface area (Å²) in [5, 5.41) is 0. The van der Waals surface area contributed by atoms with Gasteiger partial charge in [0.1, 0.15) is 5.82 Å². The molecule has 0 fully saturated rings. The third-order valence-corrected chi connectivity index (χ3v) is 4.10. The van der Waals surface area contributed by atoms with Gasteiger partial charge in [0.2, 0.25) is 0 Å². The van der Waals surface area contributed by atoms with E-state index in [1.165, 1.54) is 24.0 Å².